The quantitative estimate of drug-likeness (QED) is 0.167. The van der Waals surface area contributed by atoms with Crippen molar-refractivity contribution in [2.24, 2.45) is 0 Å². The minimum atomic E-state index is 0.0686. The smallest absolute Gasteiger partial charge is 0.137 e. The average molecular weight is 795 g/mol. The van der Waals surface area contributed by atoms with Crippen LogP contribution in [0.15, 0.2) is 211 Å². The van der Waals surface area contributed by atoms with Crippen molar-refractivity contribution in [3.05, 3.63) is 217 Å². The van der Waals surface area contributed by atoms with Gasteiger partial charge in [0.15, 0.2) is 0 Å². The third-order valence-corrected chi connectivity index (χ3v) is 14.0. The standard InChI is InChI=1S/C59H42N2O/c1-2-13-39(14-3-1)40-23-30-44(31-24-40)61-53-19-8-5-16-48(53)50-37-42(27-34-54(50)61)41-25-28-43(29-26-41)60(55-20-12-22-57-58(55)49-17-6-9-21-56(49)62-57)45-32-33-47-46-15-4-7-18-51(46)59(52(47)38-45)35-10-11-36-59/h1-9,12-34,37-38H,10-11,35-36H2. The van der Waals surface area contributed by atoms with Gasteiger partial charge in [0, 0.05) is 38.6 Å². The molecule has 0 aliphatic heterocycles. The van der Waals surface area contributed by atoms with Gasteiger partial charge in [-0.15, -0.1) is 0 Å². The Morgan fingerprint density at radius 2 is 1.05 bits per heavy atom. The van der Waals surface area contributed by atoms with Crippen LogP contribution in [0, 0.1) is 0 Å². The fourth-order valence-corrected chi connectivity index (χ4v) is 11.1. The Balaban J connectivity index is 0.934. The first-order valence-corrected chi connectivity index (χ1v) is 22.0. The number of fused-ring (bicyclic) bond motifs is 11. The lowest BCUT2D eigenvalue weighted by atomic mass is 9.76. The summed E-state index contributed by atoms with van der Waals surface area (Å²) in [6.07, 6.45) is 4.91. The van der Waals surface area contributed by atoms with Crippen molar-refractivity contribution < 1.29 is 4.42 Å². The summed E-state index contributed by atoms with van der Waals surface area (Å²) in [5.41, 5.74) is 19.4. The maximum atomic E-state index is 6.48. The van der Waals surface area contributed by atoms with Gasteiger partial charge in [-0.1, -0.05) is 146 Å². The van der Waals surface area contributed by atoms with Crippen LogP contribution >= 0.6 is 0 Å². The molecular formula is C59H42N2O. The first kappa shape index (κ1) is 35.2. The molecule has 3 heteroatoms. The van der Waals surface area contributed by atoms with E-state index in [9.17, 15) is 0 Å². The van der Waals surface area contributed by atoms with E-state index in [0.29, 0.717) is 0 Å². The van der Waals surface area contributed by atoms with Gasteiger partial charge in [-0.25, -0.2) is 0 Å². The van der Waals surface area contributed by atoms with E-state index in [-0.39, 0.29) is 5.41 Å². The Morgan fingerprint density at radius 1 is 0.419 bits per heavy atom. The molecular weight excluding hydrogens is 753 g/mol. The average Bonchev–Trinajstić information content (AvgIpc) is 4.12. The van der Waals surface area contributed by atoms with Crippen LogP contribution in [-0.2, 0) is 5.41 Å². The number of hydrogen-bond donors (Lipinski definition) is 0. The van der Waals surface area contributed by atoms with Crippen molar-refractivity contribution >= 4 is 60.8 Å². The molecule has 0 unspecified atom stereocenters. The maximum absolute atomic E-state index is 6.48. The lowest BCUT2D eigenvalue weighted by Crippen LogP contribution is -2.21. The Kier molecular flexibility index (Phi) is 7.77. The highest BCUT2D eigenvalue weighted by Gasteiger charge is 2.45. The largest absolute Gasteiger partial charge is 0.456 e. The van der Waals surface area contributed by atoms with Crippen LogP contribution in [-0.4, -0.2) is 4.57 Å². The van der Waals surface area contributed by atoms with Crippen LogP contribution in [0.3, 0.4) is 0 Å². The predicted molar refractivity (Wildman–Crippen MR) is 258 cm³/mol. The molecule has 62 heavy (non-hydrogen) atoms. The van der Waals surface area contributed by atoms with Crippen molar-refractivity contribution in [2.45, 2.75) is 31.1 Å². The second-order valence-electron chi connectivity index (χ2n) is 17.2. The van der Waals surface area contributed by atoms with Gasteiger partial charge in [-0.3, -0.25) is 0 Å². The van der Waals surface area contributed by atoms with Crippen LogP contribution in [0.1, 0.15) is 36.8 Å². The van der Waals surface area contributed by atoms with Gasteiger partial charge in [0.05, 0.1) is 22.1 Å². The molecule has 11 aromatic rings. The van der Waals surface area contributed by atoms with E-state index < -0.39 is 0 Å². The Hall–Kier alpha value is -7.62. The van der Waals surface area contributed by atoms with Crippen LogP contribution < -0.4 is 4.90 Å². The number of rotatable bonds is 6. The van der Waals surface area contributed by atoms with Gasteiger partial charge < -0.3 is 13.9 Å². The van der Waals surface area contributed by atoms with E-state index in [1.807, 2.05) is 0 Å². The summed E-state index contributed by atoms with van der Waals surface area (Å²) in [6.45, 7) is 0. The van der Waals surface area contributed by atoms with Gasteiger partial charge in [0.1, 0.15) is 11.2 Å². The SMILES string of the molecule is c1ccc(-c2ccc(-n3c4ccccc4c4cc(-c5ccc(N(c6ccc7c(c6)C6(CCCC6)c6ccccc6-7)c6cccc7oc8ccccc8c67)cc5)ccc43)cc2)cc1. The Labute approximate surface area is 360 Å². The first-order valence-electron chi connectivity index (χ1n) is 22.0. The summed E-state index contributed by atoms with van der Waals surface area (Å²) in [6, 6.07) is 75.7. The van der Waals surface area contributed by atoms with Gasteiger partial charge in [0.25, 0.3) is 0 Å². The van der Waals surface area contributed by atoms with Crippen molar-refractivity contribution in [1.82, 2.24) is 4.57 Å². The second kappa shape index (κ2) is 13.7. The zero-order valence-corrected chi connectivity index (χ0v) is 34.3. The Morgan fingerprint density at radius 3 is 1.90 bits per heavy atom. The molecule has 0 N–H and O–H groups in total. The van der Waals surface area contributed by atoms with Crippen LogP contribution in [0.4, 0.5) is 17.1 Å². The molecule has 0 bridgehead atoms. The molecule has 2 aliphatic rings. The molecule has 2 heterocycles. The first-order chi connectivity index (χ1) is 30.7. The van der Waals surface area contributed by atoms with E-state index in [4.69, 9.17) is 4.42 Å². The molecule has 1 fully saturated rings. The Bertz CT molecular complexity index is 3510. The number of anilines is 3. The van der Waals surface area contributed by atoms with Crippen molar-refractivity contribution in [2.75, 3.05) is 4.90 Å². The number of furan rings is 1. The zero-order valence-electron chi connectivity index (χ0n) is 34.3. The van der Waals surface area contributed by atoms with E-state index in [1.165, 1.54) is 97.7 Å². The molecule has 9 aromatic carbocycles. The number of aromatic nitrogens is 1. The highest BCUT2D eigenvalue weighted by atomic mass is 16.3. The number of para-hydroxylation sites is 2. The zero-order chi connectivity index (χ0) is 40.8. The number of nitrogens with zero attached hydrogens (tertiary/aromatic N) is 2. The summed E-state index contributed by atoms with van der Waals surface area (Å²) >= 11 is 0. The normalized spacial score (nSPS) is 14.0. The number of hydrogen-bond acceptors (Lipinski definition) is 2. The van der Waals surface area contributed by atoms with E-state index in [0.717, 1.165) is 39.0 Å². The second-order valence-corrected chi connectivity index (χ2v) is 17.2. The molecule has 0 saturated heterocycles. The van der Waals surface area contributed by atoms with Gasteiger partial charge >= 0.3 is 0 Å². The molecule has 0 atom stereocenters. The number of benzene rings is 9. The lowest BCUT2D eigenvalue weighted by molar-refractivity contribution is 0.550. The van der Waals surface area contributed by atoms with E-state index in [2.05, 4.69) is 216 Å². The molecule has 13 rings (SSSR count). The molecule has 2 aliphatic carbocycles. The predicted octanol–water partition coefficient (Wildman–Crippen LogP) is 16.3. The lowest BCUT2D eigenvalue weighted by Gasteiger charge is -2.30. The van der Waals surface area contributed by atoms with Gasteiger partial charge in [-0.2, -0.15) is 0 Å². The van der Waals surface area contributed by atoms with Crippen molar-refractivity contribution in [1.29, 1.82) is 0 Å². The molecule has 0 amide bonds. The summed E-state index contributed by atoms with van der Waals surface area (Å²) in [5, 5.41) is 4.75. The minimum Gasteiger partial charge on any atom is -0.456 e. The van der Waals surface area contributed by atoms with Crippen LogP contribution in [0.5, 0.6) is 0 Å². The minimum absolute atomic E-state index is 0.0686. The van der Waals surface area contributed by atoms with Gasteiger partial charge in [0.2, 0.25) is 0 Å². The fourth-order valence-electron chi connectivity index (χ4n) is 11.1. The monoisotopic (exact) mass is 794 g/mol. The van der Waals surface area contributed by atoms with Crippen LogP contribution in [0.25, 0.3) is 82.8 Å². The van der Waals surface area contributed by atoms with Crippen molar-refractivity contribution in [3.8, 4) is 39.1 Å². The summed E-state index contributed by atoms with van der Waals surface area (Å²) in [5.74, 6) is 0. The third kappa shape index (κ3) is 5.24. The summed E-state index contributed by atoms with van der Waals surface area (Å²) in [7, 11) is 0. The highest BCUT2D eigenvalue weighted by molar-refractivity contribution is 6.14. The van der Waals surface area contributed by atoms with Gasteiger partial charge in [-0.05, 0) is 130 Å². The van der Waals surface area contributed by atoms with Crippen LogP contribution in [0.2, 0.25) is 0 Å². The topological polar surface area (TPSA) is 21.3 Å². The van der Waals surface area contributed by atoms with E-state index in [1.54, 1.807) is 0 Å². The van der Waals surface area contributed by atoms with Crippen molar-refractivity contribution in [3.63, 3.8) is 0 Å². The fraction of sp³-hybridized carbons (Fsp3) is 0.0847. The molecule has 2 aromatic heterocycles. The summed E-state index contributed by atoms with van der Waals surface area (Å²) in [4.78, 5) is 2.46. The molecule has 1 saturated carbocycles. The molecule has 3 nitrogen and oxygen atoms in total. The summed E-state index contributed by atoms with van der Waals surface area (Å²) < 4.78 is 8.87. The van der Waals surface area contributed by atoms with E-state index >= 15 is 0 Å². The molecule has 294 valence electrons. The highest BCUT2D eigenvalue weighted by Crippen LogP contribution is 2.58. The third-order valence-electron chi connectivity index (χ3n) is 14.0. The molecule has 0 radical (unpaired) electrons. The maximum Gasteiger partial charge on any atom is 0.137 e. The molecule has 1 spiro atoms.